The number of ether oxygens (including phenoxy) is 1. The zero-order chi connectivity index (χ0) is 22.5. The molecule has 1 fully saturated rings. The first-order valence-electron chi connectivity index (χ1n) is 10.4. The van der Waals surface area contributed by atoms with E-state index in [4.69, 9.17) is 20.8 Å². The van der Waals surface area contributed by atoms with Crippen LogP contribution < -0.4 is 15.0 Å². The van der Waals surface area contributed by atoms with Gasteiger partial charge in [-0.1, -0.05) is 23.7 Å². The molecule has 2 amide bonds. The summed E-state index contributed by atoms with van der Waals surface area (Å²) in [6.45, 7) is 4.33. The summed E-state index contributed by atoms with van der Waals surface area (Å²) in [5, 5.41) is 3.34. The largest absolute Gasteiger partial charge is 0.484 e. The number of halogens is 1. The van der Waals surface area contributed by atoms with Gasteiger partial charge in [0.15, 0.2) is 12.4 Å². The van der Waals surface area contributed by atoms with Crippen LogP contribution in [0.3, 0.4) is 0 Å². The summed E-state index contributed by atoms with van der Waals surface area (Å²) < 4.78 is 10.7. The van der Waals surface area contributed by atoms with Gasteiger partial charge in [-0.05, 0) is 55.0 Å². The smallest absolute Gasteiger partial charge is 0.289 e. The number of hydrogen-bond donors (Lipinski definition) is 1. The first kappa shape index (κ1) is 21.8. The molecule has 32 heavy (non-hydrogen) atoms. The Labute approximate surface area is 191 Å². The average Bonchev–Trinajstić information content (AvgIpc) is 3.33. The summed E-state index contributed by atoms with van der Waals surface area (Å²) in [4.78, 5) is 28.5. The molecule has 0 aliphatic carbocycles. The molecule has 0 atom stereocenters. The van der Waals surface area contributed by atoms with E-state index in [1.807, 2.05) is 43.3 Å². The Kier molecular flexibility index (Phi) is 6.66. The van der Waals surface area contributed by atoms with Crippen molar-refractivity contribution in [2.75, 3.05) is 43.0 Å². The van der Waals surface area contributed by atoms with Gasteiger partial charge in [-0.3, -0.25) is 9.59 Å². The quantitative estimate of drug-likeness (QED) is 0.604. The number of hydrogen-bond acceptors (Lipinski definition) is 5. The molecular weight excluding hydrogens is 430 g/mol. The molecule has 2 aromatic carbocycles. The highest BCUT2D eigenvalue weighted by molar-refractivity contribution is 6.33. The monoisotopic (exact) mass is 453 g/mol. The zero-order valence-electron chi connectivity index (χ0n) is 17.7. The number of furan rings is 1. The van der Waals surface area contributed by atoms with E-state index in [1.165, 1.54) is 6.26 Å². The average molecular weight is 454 g/mol. The van der Waals surface area contributed by atoms with Crippen LogP contribution in [0, 0.1) is 6.92 Å². The summed E-state index contributed by atoms with van der Waals surface area (Å²) in [7, 11) is 0. The molecule has 2 heterocycles. The normalized spacial score (nSPS) is 13.7. The summed E-state index contributed by atoms with van der Waals surface area (Å²) in [5.41, 5.74) is 2.53. The van der Waals surface area contributed by atoms with Gasteiger partial charge < -0.3 is 24.3 Å². The molecule has 3 aromatic rings. The third-order valence-corrected chi connectivity index (χ3v) is 5.53. The standard InChI is InChI=1S/C24H24ClN3O4/c1-17-4-2-5-19(14-17)32-16-23(29)26-18-7-8-21(20(25)15-18)27-9-11-28(12-10-27)24(30)22-6-3-13-31-22/h2-8,13-15H,9-12,16H2,1H3,(H,26,29). The van der Waals surface area contributed by atoms with Gasteiger partial charge in [0.25, 0.3) is 11.8 Å². The van der Waals surface area contributed by atoms with Gasteiger partial charge >= 0.3 is 0 Å². The molecule has 0 radical (unpaired) electrons. The van der Waals surface area contributed by atoms with Crippen molar-refractivity contribution in [2.24, 2.45) is 0 Å². The first-order valence-corrected chi connectivity index (χ1v) is 10.7. The predicted octanol–water partition coefficient (Wildman–Crippen LogP) is 4.22. The summed E-state index contributed by atoms with van der Waals surface area (Å²) in [6.07, 6.45) is 1.50. The van der Waals surface area contributed by atoms with Crippen LogP contribution in [0.4, 0.5) is 11.4 Å². The maximum absolute atomic E-state index is 12.4. The molecule has 0 saturated carbocycles. The molecule has 1 aromatic heterocycles. The number of anilines is 2. The highest BCUT2D eigenvalue weighted by Gasteiger charge is 2.24. The van der Waals surface area contributed by atoms with Crippen molar-refractivity contribution in [3.05, 3.63) is 77.2 Å². The van der Waals surface area contributed by atoms with Crippen LogP contribution >= 0.6 is 11.6 Å². The van der Waals surface area contributed by atoms with Gasteiger partial charge in [0.1, 0.15) is 5.75 Å². The van der Waals surface area contributed by atoms with Crippen molar-refractivity contribution in [1.29, 1.82) is 0 Å². The highest BCUT2D eigenvalue weighted by atomic mass is 35.5. The number of carbonyl (C=O) groups excluding carboxylic acids is 2. The van der Waals surface area contributed by atoms with Crippen LogP contribution in [0.15, 0.2) is 65.3 Å². The van der Waals surface area contributed by atoms with Crippen LogP contribution in [-0.2, 0) is 4.79 Å². The Hall–Kier alpha value is -3.45. The number of nitrogens with zero attached hydrogens (tertiary/aromatic N) is 2. The fourth-order valence-corrected chi connectivity index (χ4v) is 3.90. The van der Waals surface area contributed by atoms with Gasteiger partial charge in [-0.2, -0.15) is 0 Å². The lowest BCUT2D eigenvalue weighted by Crippen LogP contribution is -2.48. The number of amides is 2. The molecule has 0 unspecified atom stereocenters. The van der Waals surface area contributed by atoms with E-state index in [9.17, 15) is 9.59 Å². The van der Waals surface area contributed by atoms with E-state index >= 15 is 0 Å². The molecule has 0 spiro atoms. The van der Waals surface area contributed by atoms with Crippen molar-refractivity contribution in [2.45, 2.75) is 6.92 Å². The third kappa shape index (κ3) is 5.23. The fourth-order valence-electron chi connectivity index (χ4n) is 3.60. The third-order valence-electron chi connectivity index (χ3n) is 5.23. The van der Waals surface area contributed by atoms with E-state index in [2.05, 4.69) is 10.2 Å². The zero-order valence-corrected chi connectivity index (χ0v) is 18.5. The lowest BCUT2D eigenvalue weighted by atomic mass is 10.2. The second-order valence-corrected chi connectivity index (χ2v) is 7.98. The lowest BCUT2D eigenvalue weighted by molar-refractivity contribution is -0.118. The van der Waals surface area contributed by atoms with Gasteiger partial charge in [0, 0.05) is 31.9 Å². The Bertz CT molecular complexity index is 1090. The Balaban J connectivity index is 1.30. The summed E-state index contributed by atoms with van der Waals surface area (Å²) in [5.74, 6) is 0.633. The minimum absolute atomic E-state index is 0.0888. The minimum Gasteiger partial charge on any atom is -0.484 e. The van der Waals surface area contributed by atoms with E-state index in [0.717, 1.165) is 11.3 Å². The van der Waals surface area contributed by atoms with Crippen molar-refractivity contribution in [3.63, 3.8) is 0 Å². The Morgan fingerprint density at radius 3 is 2.56 bits per heavy atom. The summed E-state index contributed by atoms with van der Waals surface area (Å²) in [6, 6.07) is 16.3. The van der Waals surface area contributed by atoms with Crippen molar-refractivity contribution in [3.8, 4) is 5.75 Å². The number of carbonyl (C=O) groups is 2. The van der Waals surface area contributed by atoms with Crippen LogP contribution in [0.1, 0.15) is 16.1 Å². The molecule has 1 saturated heterocycles. The van der Waals surface area contributed by atoms with Crippen LogP contribution in [0.5, 0.6) is 5.75 Å². The van der Waals surface area contributed by atoms with Gasteiger partial charge in [0.05, 0.1) is 17.0 Å². The second-order valence-electron chi connectivity index (χ2n) is 7.58. The second kappa shape index (κ2) is 9.78. The Morgan fingerprint density at radius 1 is 1.06 bits per heavy atom. The van der Waals surface area contributed by atoms with Crippen LogP contribution in [0.25, 0.3) is 0 Å². The van der Waals surface area contributed by atoms with E-state index in [-0.39, 0.29) is 18.4 Å². The predicted molar refractivity (Wildman–Crippen MR) is 124 cm³/mol. The molecule has 8 heteroatoms. The van der Waals surface area contributed by atoms with Crippen LogP contribution in [0.2, 0.25) is 5.02 Å². The molecule has 1 N–H and O–H groups in total. The van der Waals surface area contributed by atoms with Crippen LogP contribution in [-0.4, -0.2) is 49.5 Å². The van der Waals surface area contributed by atoms with Gasteiger partial charge in [0.2, 0.25) is 0 Å². The molecular formula is C24H24ClN3O4. The maximum Gasteiger partial charge on any atom is 0.289 e. The van der Waals surface area contributed by atoms with Crippen molar-refractivity contribution >= 4 is 34.8 Å². The molecule has 166 valence electrons. The molecule has 1 aliphatic heterocycles. The topological polar surface area (TPSA) is 75.0 Å². The molecule has 4 rings (SSSR count). The highest BCUT2D eigenvalue weighted by Crippen LogP contribution is 2.30. The number of benzene rings is 2. The van der Waals surface area contributed by atoms with Crippen molar-refractivity contribution in [1.82, 2.24) is 4.90 Å². The van der Waals surface area contributed by atoms with E-state index in [1.54, 1.807) is 23.1 Å². The van der Waals surface area contributed by atoms with E-state index in [0.29, 0.717) is 48.4 Å². The molecule has 1 aliphatic rings. The summed E-state index contributed by atoms with van der Waals surface area (Å²) >= 11 is 6.50. The number of piperazine rings is 1. The SMILES string of the molecule is Cc1cccc(OCC(=O)Nc2ccc(N3CCN(C(=O)c4ccco4)CC3)c(Cl)c2)c1. The first-order chi connectivity index (χ1) is 15.5. The number of nitrogens with one attached hydrogen (secondary N) is 1. The number of aryl methyl sites for hydroxylation is 1. The Morgan fingerprint density at radius 2 is 1.88 bits per heavy atom. The van der Waals surface area contributed by atoms with Crippen molar-refractivity contribution < 1.29 is 18.7 Å². The maximum atomic E-state index is 12.4. The van der Waals surface area contributed by atoms with Gasteiger partial charge in [-0.15, -0.1) is 0 Å². The van der Waals surface area contributed by atoms with E-state index < -0.39 is 0 Å². The lowest BCUT2D eigenvalue weighted by Gasteiger charge is -2.36. The molecule has 0 bridgehead atoms. The van der Waals surface area contributed by atoms with Gasteiger partial charge in [-0.25, -0.2) is 0 Å². The fraction of sp³-hybridized carbons (Fsp3) is 0.250. The number of rotatable bonds is 6. The molecule has 7 nitrogen and oxygen atoms in total. The minimum atomic E-state index is -0.264.